The summed E-state index contributed by atoms with van der Waals surface area (Å²) in [5.41, 5.74) is 6.67. The number of rotatable bonds is 6. The third-order valence-electron chi connectivity index (χ3n) is 2.82. The Morgan fingerprint density at radius 2 is 2.19 bits per heavy atom. The minimum Gasteiger partial charge on any atom is -0.357 e. The van der Waals surface area contributed by atoms with Crippen LogP contribution in [0.15, 0.2) is 12.4 Å². The maximum atomic E-state index is 5.56. The lowest BCUT2D eigenvalue weighted by molar-refractivity contribution is 0.628. The van der Waals surface area contributed by atoms with Gasteiger partial charge in [-0.2, -0.15) is 0 Å². The van der Waals surface area contributed by atoms with Gasteiger partial charge in [0.2, 0.25) is 0 Å². The van der Waals surface area contributed by atoms with Crippen molar-refractivity contribution >= 4 is 5.82 Å². The Labute approximate surface area is 97.9 Å². The molecule has 0 aliphatic heterocycles. The van der Waals surface area contributed by atoms with E-state index in [9.17, 15) is 0 Å². The molecule has 1 heterocycles. The monoisotopic (exact) mass is 222 g/mol. The molecule has 4 heteroatoms. The van der Waals surface area contributed by atoms with Crippen molar-refractivity contribution in [3.63, 3.8) is 0 Å². The molecule has 90 valence electrons. The maximum absolute atomic E-state index is 5.56. The van der Waals surface area contributed by atoms with E-state index in [0.717, 1.165) is 30.8 Å². The lowest BCUT2D eigenvalue weighted by Crippen LogP contribution is -2.31. The van der Waals surface area contributed by atoms with Gasteiger partial charge in [-0.15, -0.1) is 0 Å². The molecule has 0 saturated heterocycles. The molecule has 2 N–H and O–H groups in total. The highest BCUT2D eigenvalue weighted by molar-refractivity contribution is 5.38. The molecule has 4 nitrogen and oxygen atoms in total. The first-order chi connectivity index (χ1) is 7.69. The summed E-state index contributed by atoms with van der Waals surface area (Å²) in [5.74, 6) is 0.986. The summed E-state index contributed by atoms with van der Waals surface area (Å²) in [4.78, 5) is 10.7. The molecule has 0 amide bonds. The van der Waals surface area contributed by atoms with Crippen LogP contribution >= 0.6 is 0 Å². The van der Waals surface area contributed by atoms with E-state index in [4.69, 9.17) is 5.73 Å². The first-order valence-corrected chi connectivity index (χ1v) is 5.92. The van der Waals surface area contributed by atoms with E-state index in [0.29, 0.717) is 12.6 Å². The van der Waals surface area contributed by atoms with Crippen molar-refractivity contribution in [2.75, 3.05) is 18.5 Å². The second-order valence-corrected chi connectivity index (χ2v) is 4.15. The molecule has 0 aliphatic rings. The topological polar surface area (TPSA) is 55.0 Å². The van der Waals surface area contributed by atoms with Crippen LogP contribution in [0.25, 0.3) is 0 Å². The van der Waals surface area contributed by atoms with Gasteiger partial charge in [0.25, 0.3) is 0 Å². The van der Waals surface area contributed by atoms with Gasteiger partial charge >= 0.3 is 0 Å². The Morgan fingerprint density at radius 3 is 2.81 bits per heavy atom. The SMILES string of the molecule is CCCc1cc(N(C)C(C)CCN)ncn1. The van der Waals surface area contributed by atoms with Gasteiger partial charge in [0.05, 0.1) is 0 Å². The van der Waals surface area contributed by atoms with E-state index >= 15 is 0 Å². The third-order valence-corrected chi connectivity index (χ3v) is 2.82. The highest BCUT2D eigenvalue weighted by atomic mass is 15.2. The number of hydrogen-bond acceptors (Lipinski definition) is 4. The molecule has 0 fully saturated rings. The fraction of sp³-hybridized carbons (Fsp3) is 0.667. The molecule has 0 aromatic carbocycles. The zero-order valence-corrected chi connectivity index (χ0v) is 10.5. The Kier molecular flexibility index (Phi) is 5.19. The van der Waals surface area contributed by atoms with Crippen molar-refractivity contribution in [2.45, 2.75) is 39.2 Å². The summed E-state index contributed by atoms with van der Waals surface area (Å²) in [6.45, 7) is 5.02. The van der Waals surface area contributed by atoms with Crippen LogP contribution in [-0.2, 0) is 6.42 Å². The first-order valence-electron chi connectivity index (χ1n) is 5.92. The Morgan fingerprint density at radius 1 is 1.44 bits per heavy atom. The second-order valence-electron chi connectivity index (χ2n) is 4.15. The average molecular weight is 222 g/mol. The summed E-state index contributed by atoms with van der Waals surface area (Å²) in [6.07, 6.45) is 4.74. The van der Waals surface area contributed by atoms with Gasteiger partial charge in [-0.05, 0) is 26.3 Å². The molecule has 0 bridgehead atoms. The molecular formula is C12H22N4. The Hall–Kier alpha value is -1.16. The Balaban J connectivity index is 2.74. The van der Waals surface area contributed by atoms with E-state index in [1.54, 1.807) is 6.33 Å². The molecule has 0 aliphatic carbocycles. The van der Waals surface area contributed by atoms with Gasteiger partial charge < -0.3 is 10.6 Å². The fourth-order valence-electron chi connectivity index (χ4n) is 1.63. The predicted molar refractivity (Wildman–Crippen MR) is 67.6 cm³/mol. The van der Waals surface area contributed by atoms with Gasteiger partial charge in [0.15, 0.2) is 0 Å². The lowest BCUT2D eigenvalue weighted by Gasteiger charge is -2.25. The van der Waals surface area contributed by atoms with E-state index in [-0.39, 0.29) is 0 Å². The smallest absolute Gasteiger partial charge is 0.132 e. The van der Waals surface area contributed by atoms with E-state index in [1.807, 2.05) is 0 Å². The minimum atomic E-state index is 0.411. The molecule has 0 saturated carbocycles. The van der Waals surface area contributed by atoms with Gasteiger partial charge in [0, 0.05) is 24.8 Å². The molecule has 1 unspecified atom stereocenters. The molecule has 0 spiro atoms. The largest absolute Gasteiger partial charge is 0.357 e. The van der Waals surface area contributed by atoms with Gasteiger partial charge in [-0.1, -0.05) is 13.3 Å². The zero-order valence-electron chi connectivity index (χ0n) is 10.5. The predicted octanol–water partition coefficient (Wildman–Crippen LogP) is 1.60. The van der Waals surface area contributed by atoms with Crippen LogP contribution < -0.4 is 10.6 Å². The maximum Gasteiger partial charge on any atom is 0.132 e. The number of hydrogen-bond donors (Lipinski definition) is 1. The van der Waals surface area contributed by atoms with E-state index in [2.05, 4.69) is 41.8 Å². The summed E-state index contributed by atoms with van der Waals surface area (Å²) in [6, 6.07) is 2.48. The van der Waals surface area contributed by atoms with Crippen molar-refractivity contribution in [3.05, 3.63) is 18.1 Å². The second kappa shape index (κ2) is 6.43. The molecule has 0 radical (unpaired) electrons. The first kappa shape index (κ1) is 12.9. The molecule has 1 aromatic heterocycles. The third kappa shape index (κ3) is 3.45. The van der Waals surface area contributed by atoms with Crippen LogP contribution in [0.1, 0.15) is 32.4 Å². The molecular weight excluding hydrogens is 200 g/mol. The van der Waals surface area contributed by atoms with Crippen LogP contribution in [0.5, 0.6) is 0 Å². The summed E-state index contributed by atoms with van der Waals surface area (Å²) >= 11 is 0. The zero-order chi connectivity index (χ0) is 12.0. The standard InChI is InChI=1S/C12H22N4/c1-4-5-11-8-12(15-9-14-11)16(3)10(2)6-7-13/h8-10H,4-7,13H2,1-3H3. The van der Waals surface area contributed by atoms with E-state index in [1.165, 1.54) is 0 Å². The van der Waals surface area contributed by atoms with Crippen molar-refractivity contribution in [2.24, 2.45) is 5.73 Å². The number of nitrogens with zero attached hydrogens (tertiary/aromatic N) is 3. The van der Waals surface area contributed by atoms with Crippen LogP contribution in [0.4, 0.5) is 5.82 Å². The average Bonchev–Trinajstić information content (AvgIpc) is 2.29. The van der Waals surface area contributed by atoms with Crippen LogP contribution in [0, 0.1) is 0 Å². The number of nitrogens with two attached hydrogens (primary N) is 1. The van der Waals surface area contributed by atoms with Gasteiger partial charge in [-0.25, -0.2) is 9.97 Å². The molecule has 1 aromatic rings. The van der Waals surface area contributed by atoms with Crippen LogP contribution in [0.3, 0.4) is 0 Å². The quantitative estimate of drug-likeness (QED) is 0.794. The Bertz CT molecular complexity index is 314. The van der Waals surface area contributed by atoms with Crippen molar-refractivity contribution in [1.29, 1.82) is 0 Å². The molecule has 16 heavy (non-hydrogen) atoms. The van der Waals surface area contributed by atoms with Crippen molar-refractivity contribution in [1.82, 2.24) is 9.97 Å². The van der Waals surface area contributed by atoms with Gasteiger partial charge in [0.1, 0.15) is 12.1 Å². The number of anilines is 1. The number of aryl methyl sites for hydroxylation is 1. The van der Waals surface area contributed by atoms with Crippen molar-refractivity contribution in [3.8, 4) is 0 Å². The van der Waals surface area contributed by atoms with Crippen LogP contribution in [0.2, 0.25) is 0 Å². The normalized spacial score (nSPS) is 12.5. The van der Waals surface area contributed by atoms with Crippen LogP contribution in [-0.4, -0.2) is 29.6 Å². The van der Waals surface area contributed by atoms with E-state index < -0.39 is 0 Å². The fourth-order valence-corrected chi connectivity index (χ4v) is 1.63. The van der Waals surface area contributed by atoms with Crippen molar-refractivity contribution < 1.29 is 0 Å². The molecule has 1 rings (SSSR count). The summed E-state index contributed by atoms with van der Waals surface area (Å²) < 4.78 is 0. The summed E-state index contributed by atoms with van der Waals surface area (Å²) in [5, 5.41) is 0. The highest BCUT2D eigenvalue weighted by Gasteiger charge is 2.10. The summed E-state index contributed by atoms with van der Waals surface area (Å²) in [7, 11) is 2.05. The lowest BCUT2D eigenvalue weighted by atomic mass is 10.2. The highest BCUT2D eigenvalue weighted by Crippen LogP contribution is 2.14. The minimum absolute atomic E-state index is 0.411. The van der Waals surface area contributed by atoms with Gasteiger partial charge in [-0.3, -0.25) is 0 Å². The number of aromatic nitrogens is 2. The molecule has 1 atom stereocenters.